The highest BCUT2D eigenvalue weighted by Gasteiger charge is 2.15. The van der Waals surface area contributed by atoms with Gasteiger partial charge in [0.2, 0.25) is 0 Å². The van der Waals surface area contributed by atoms with Gasteiger partial charge in [-0.3, -0.25) is 0 Å². The molecule has 2 aromatic carbocycles. The number of hydrogen-bond acceptors (Lipinski definition) is 6. The number of fused-ring (bicyclic) bond motifs is 1. The fourth-order valence-electron chi connectivity index (χ4n) is 2.51. The van der Waals surface area contributed by atoms with Crippen molar-refractivity contribution in [2.75, 3.05) is 20.0 Å². The van der Waals surface area contributed by atoms with Crippen molar-refractivity contribution >= 4 is 28.3 Å². The van der Waals surface area contributed by atoms with Gasteiger partial charge in [-0.15, -0.1) is 0 Å². The molecule has 6 nitrogen and oxygen atoms in total. The fourth-order valence-corrected chi connectivity index (χ4v) is 2.67. The molecule has 1 heterocycles. The van der Waals surface area contributed by atoms with E-state index in [2.05, 4.69) is 9.97 Å². The first-order chi connectivity index (χ1) is 11.4. The number of ether oxygens (including phenoxy) is 2. The Labute approximate surface area is 143 Å². The number of anilines is 1. The van der Waals surface area contributed by atoms with Crippen LogP contribution in [0.4, 0.5) is 5.82 Å². The van der Waals surface area contributed by atoms with E-state index in [9.17, 15) is 5.11 Å². The second-order valence-corrected chi connectivity index (χ2v) is 5.68. The van der Waals surface area contributed by atoms with Gasteiger partial charge in [0, 0.05) is 17.0 Å². The summed E-state index contributed by atoms with van der Waals surface area (Å²) in [6.45, 7) is 1.84. The molecular formula is C17H16ClN3O3. The quantitative estimate of drug-likeness (QED) is 0.754. The van der Waals surface area contributed by atoms with Crippen molar-refractivity contribution in [1.82, 2.24) is 9.97 Å². The Hall–Kier alpha value is -2.73. The third kappa shape index (κ3) is 2.65. The minimum Gasteiger partial charge on any atom is -0.506 e. The number of benzene rings is 2. The molecule has 0 aliphatic carbocycles. The SMILES string of the molecule is COc1cc2nc(-c3cc(Cl)c(O)cc3C)nc(N)c2cc1OC. The molecular weight excluding hydrogens is 330 g/mol. The number of rotatable bonds is 3. The Kier molecular flexibility index (Phi) is 4.07. The molecule has 0 aliphatic heterocycles. The van der Waals surface area contributed by atoms with E-state index in [-0.39, 0.29) is 10.8 Å². The lowest BCUT2D eigenvalue weighted by molar-refractivity contribution is 0.356. The first-order valence-electron chi connectivity index (χ1n) is 7.13. The highest BCUT2D eigenvalue weighted by atomic mass is 35.5. The van der Waals surface area contributed by atoms with E-state index in [1.54, 1.807) is 38.5 Å². The molecule has 0 bridgehead atoms. The van der Waals surface area contributed by atoms with Crippen LogP contribution in [0.25, 0.3) is 22.3 Å². The van der Waals surface area contributed by atoms with Crippen molar-refractivity contribution in [2.24, 2.45) is 0 Å². The molecule has 0 spiro atoms. The maximum absolute atomic E-state index is 9.70. The number of aromatic nitrogens is 2. The van der Waals surface area contributed by atoms with Gasteiger partial charge in [-0.25, -0.2) is 9.97 Å². The second kappa shape index (κ2) is 6.05. The number of phenolic OH excluding ortho intramolecular Hbond substituents is 1. The minimum atomic E-state index is 0.0121. The number of aromatic hydroxyl groups is 1. The molecule has 0 amide bonds. The summed E-state index contributed by atoms with van der Waals surface area (Å²) >= 11 is 6.01. The molecule has 24 heavy (non-hydrogen) atoms. The lowest BCUT2D eigenvalue weighted by atomic mass is 10.1. The number of hydrogen-bond donors (Lipinski definition) is 2. The molecule has 0 saturated heterocycles. The largest absolute Gasteiger partial charge is 0.506 e. The standard InChI is InChI=1S/C17H16ClN3O3/c1-8-4-13(22)11(18)5-9(8)17-20-12-7-15(24-3)14(23-2)6-10(12)16(19)21-17/h4-7,22H,1-3H3,(H2,19,20,21). The van der Waals surface area contributed by atoms with Crippen molar-refractivity contribution in [3.05, 3.63) is 34.9 Å². The van der Waals surface area contributed by atoms with Crippen LogP contribution in [0.5, 0.6) is 17.2 Å². The number of nitrogen functional groups attached to an aromatic ring is 1. The molecule has 0 fully saturated rings. The average Bonchev–Trinajstić information content (AvgIpc) is 2.56. The first kappa shape index (κ1) is 16.1. The minimum absolute atomic E-state index is 0.0121. The van der Waals surface area contributed by atoms with Crippen LogP contribution in [0.2, 0.25) is 5.02 Å². The maximum atomic E-state index is 9.70. The third-order valence-electron chi connectivity index (χ3n) is 3.77. The summed E-state index contributed by atoms with van der Waals surface area (Å²) in [6.07, 6.45) is 0. The summed E-state index contributed by atoms with van der Waals surface area (Å²) in [5, 5.41) is 10.6. The lowest BCUT2D eigenvalue weighted by Crippen LogP contribution is -2.00. The smallest absolute Gasteiger partial charge is 0.162 e. The van der Waals surface area contributed by atoms with Crippen molar-refractivity contribution < 1.29 is 14.6 Å². The average molecular weight is 346 g/mol. The fraction of sp³-hybridized carbons (Fsp3) is 0.176. The van der Waals surface area contributed by atoms with Crippen molar-refractivity contribution in [1.29, 1.82) is 0 Å². The van der Waals surface area contributed by atoms with E-state index in [4.69, 9.17) is 26.8 Å². The zero-order valence-electron chi connectivity index (χ0n) is 13.4. The van der Waals surface area contributed by atoms with Crippen LogP contribution in [0, 0.1) is 6.92 Å². The first-order valence-corrected chi connectivity index (χ1v) is 7.51. The predicted molar refractivity (Wildman–Crippen MR) is 93.9 cm³/mol. The highest BCUT2D eigenvalue weighted by Crippen LogP contribution is 2.36. The monoisotopic (exact) mass is 345 g/mol. The van der Waals surface area contributed by atoms with Gasteiger partial charge in [0.25, 0.3) is 0 Å². The number of aryl methyl sites for hydroxylation is 1. The summed E-state index contributed by atoms with van der Waals surface area (Å²) in [6, 6.07) is 6.67. The number of halogens is 1. The van der Waals surface area contributed by atoms with Gasteiger partial charge in [0.15, 0.2) is 17.3 Å². The van der Waals surface area contributed by atoms with Crippen LogP contribution < -0.4 is 15.2 Å². The number of methoxy groups -OCH3 is 2. The molecule has 0 saturated carbocycles. The van der Waals surface area contributed by atoms with Crippen LogP contribution in [-0.2, 0) is 0 Å². The number of phenols is 1. The topological polar surface area (TPSA) is 90.5 Å². The summed E-state index contributed by atoms with van der Waals surface area (Å²) < 4.78 is 10.6. The van der Waals surface area contributed by atoms with Gasteiger partial charge in [-0.05, 0) is 30.7 Å². The van der Waals surface area contributed by atoms with E-state index in [1.807, 2.05) is 6.92 Å². The molecule has 3 rings (SSSR count). The zero-order chi connectivity index (χ0) is 17.4. The van der Waals surface area contributed by atoms with E-state index in [0.29, 0.717) is 39.6 Å². The van der Waals surface area contributed by atoms with Crippen LogP contribution >= 0.6 is 11.6 Å². The normalized spacial score (nSPS) is 10.8. The molecule has 0 atom stereocenters. The molecule has 3 N–H and O–H groups in total. The Morgan fingerprint density at radius 2 is 1.71 bits per heavy atom. The van der Waals surface area contributed by atoms with Crippen molar-refractivity contribution in [3.63, 3.8) is 0 Å². The van der Waals surface area contributed by atoms with Gasteiger partial charge in [0.1, 0.15) is 11.6 Å². The van der Waals surface area contributed by atoms with Gasteiger partial charge in [-0.1, -0.05) is 11.6 Å². The zero-order valence-corrected chi connectivity index (χ0v) is 14.2. The maximum Gasteiger partial charge on any atom is 0.162 e. The number of nitrogens with zero attached hydrogens (tertiary/aromatic N) is 2. The van der Waals surface area contributed by atoms with Crippen molar-refractivity contribution in [2.45, 2.75) is 6.92 Å². The van der Waals surface area contributed by atoms with E-state index in [1.165, 1.54) is 0 Å². The van der Waals surface area contributed by atoms with Gasteiger partial charge in [-0.2, -0.15) is 0 Å². The van der Waals surface area contributed by atoms with Gasteiger partial charge in [0.05, 0.1) is 24.8 Å². The summed E-state index contributed by atoms with van der Waals surface area (Å²) in [5.41, 5.74) is 8.21. The summed E-state index contributed by atoms with van der Waals surface area (Å²) in [4.78, 5) is 8.92. The van der Waals surface area contributed by atoms with Crippen LogP contribution in [0.15, 0.2) is 24.3 Å². The van der Waals surface area contributed by atoms with E-state index in [0.717, 1.165) is 5.56 Å². The molecule has 0 unspecified atom stereocenters. The summed E-state index contributed by atoms with van der Waals surface area (Å²) in [5.74, 6) is 1.86. The molecule has 1 aromatic heterocycles. The third-order valence-corrected chi connectivity index (χ3v) is 4.07. The Morgan fingerprint density at radius 1 is 1.04 bits per heavy atom. The molecule has 124 valence electrons. The van der Waals surface area contributed by atoms with Crippen LogP contribution in [0.3, 0.4) is 0 Å². The molecule has 3 aromatic rings. The van der Waals surface area contributed by atoms with Gasteiger partial charge < -0.3 is 20.3 Å². The Morgan fingerprint density at radius 3 is 2.38 bits per heavy atom. The lowest BCUT2D eigenvalue weighted by Gasteiger charge is -2.12. The van der Waals surface area contributed by atoms with E-state index < -0.39 is 0 Å². The van der Waals surface area contributed by atoms with E-state index >= 15 is 0 Å². The van der Waals surface area contributed by atoms with Crippen LogP contribution in [0.1, 0.15) is 5.56 Å². The second-order valence-electron chi connectivity index (χ2n) is 5.28. The summed E-state index contributed by atoms with van der Waals surface area (Å²) in [7, 11) is 3.11. The molecule has 7 heteroatoms. The van der Waals surface area contributed by atoms with Gasteiger partial charge >= 0.3 is 0 Å². The van der Waals surface area contributed by atoms with Crippen LogP contribution in [-0.4, -0.2) is 29.3 Å². The molecule has 0 radical (unpaired) electrons. The number of nitrogens with two attached hydrogens (primary N) is 1. The predicted octanol–water partition coefficient (Wildman–Crippen LogP) is 3.56. The Balaban J connectivity index is 2.26. The van der Waals surface area contributed by atoms with Crippen molar-refractivity contribution in [3.8, 4) is 28.6 Å². The highest BCUT2D eigenvalue weighted by molar-refractivity contribution is 6.32. The molecule has 0 aliphatic rings. The Bertz CT molecular complexity index is 944.